The van der Waals surface area contributed by atoms with Gasteiger partial charge >= 0.3 is 0 Å². The Balaban J connectivity index is 2.03. The van der Waals surface area contributed by atoms with E-state index >= 15 is 0 Å². The normalized spacial score (nSPS) is 12.6. The first-order valence-corrected chi connectivity index (χ1v) is 9.72. The van der Waals surface area contributed by atoms with Gasteiger partial charge in [0.15, 0.2) is 23.0 Å². The molecule has 1 amide bonds. The Morgan fingerprint density at radius 2 is 1.36 bits per heavy atom. The van der Waals surface area contributed by atoms with Crippen molar-refractivity contribution >= 4 is 17.7 Å². The predicted octanol–water partition coefficient (Wildman–Crippen LogP) is 4.08. The van der Waals surface area contributed by atoms with E-state index in [-0.39, 0.29) is 17.2 Å². The summed E-state index contributed by atoms with van der Waals surface area (Å²) >= 11 is 1.46. The molecule has 6 nitrogen and oxygen atoms in total. The minimum Gasteiger partial charge on any atom is -0.493 e. The van der Waals surface area contributed by atoms with Crippen LogP contribution in [-0.2, 0) is 4.79 Å². The third-order valence-corrected chi connectivity index (χ3v) is 5.40. The average Bonchev–Trinajstić information content (AvgIpc) is 2.72. The number of hydrogen-bond acceptors (Lipinski definition) is 6. The summed E-state index contributed by atoms with van der Waals surface area (Å²) in [4.78, 5) is 13.6. The molecule has 0 fully saturated rings. The molecule has 7 heteroatoms. The molecule has 0 aromatic heterocycles. The van der Waals surface area contributed by atoms with Gasteiger partial charge in [-0.05, 0) is 49.7 Å². The standard InChI is InChI=1S/C21H27NO5S/c1-13(15-7-9-17(24-3)19(11-15)26-5)22-21(23)14(2)28-16-8-10-18(25-4)20(12-16)27-6/h7-14H,1-6H3,(H,22,23). The highest BCUT2D eigenvalue weighted by atomic mass is 32.2. The van der Waals surface area contributed by atoms with Crippen LogP contribution in [0.15, 0.2) is 41.3 Å². The van der Waals surface area contributed by atoms with Crippen LogP contribution < -0.4 is 24.3 Å². The molecule has 2 aromatic rings. The van der Waals surface area contributed by atoms with Crippen LogP contribution >= 0.6 is 11.8 Å². The smallest absolute Gasteiger partial charge is 0.233 e. The van der Waals surface area contributed by atoms with Crippen molar-refractivity contribution in [3.05, 3.63) is 42.0 Å². The van der Waals surface area contributed by atoms with Crippen LogP contribution in [0.2, 0.25) is 0 Å². The summed E-state index contributed by atoms with van der Waals surface area (Å²) in [6.45, 7) is 3.81. The number of rotatable bonds is 9. The molecule has 2 rings (SSSR count). The van der Waals surface area contributed by atoms with Gasteiger partial charge in [0.2, 0.25) is 5.91 Å². The molecule has 0 aliphatic rings. The second-order valence-corrected chi connectivity index (χ2v) is 7.54. The third-order valence-electron chi connectivity index (χ3n) is 4.30. The van der Waals surface area contributed by atoms with Crippen molar-refractivity contribution in [3.63, 3.8) is 0 Å². The molecular formula is C21H27NO5S. The molecule has 152 valence electrons. The molecule has 28 heavy (non-hydrogen) atoms. The highest BCUT2D eigenvalue weighted by molar-refractivity contribution is 8.00. The maximum Gasteiger partial charge on any atom is 0.233 e. The summed E-state index contributed by atoms with van der Waals surface area (Å²) in [6, 6.07) is 11.1. The number of hydrogen-bond donors (Lipinski definition) is 1. The Labute approximate surface area is 170 Å². The van der Waals surface area contributed by atoms with E-state index in [0.717, 1.165) is 10.5 Å². The summed E-state index contributed by atoms with van der Waals surface area (Å²) in [5.74, 6) is 2.53. The van der Waals surface area contributed by atoms with E-state index in [1.165, 1.54) is 11.8 Å². The van der Waals surface area contributed by atoms with E-state index in [9.17, 15) is 4.79 Å². The summed E-state index contributed by atoms with van der Waals surface area (Å²) in [7, 11) is 6.37. The molecular weight excluding hydrogens is 378 g/mol. The van der Waals surface area contributed by atoms with Crippen LogP contribution in [0.4, 0.5) is 0 Å². The van der Waals surface area contributed by atoms with Gasteiger partial charge in [-0.1, -0.05) is 6.07 Å². The van der Waals surface area contributed by atoms with E-state index in [1.807, 2.05) is 50.2 Å². The van der Waals surface area contributed by atoms with Gasteiger partial charge in [0, 0.05) is 4.90 Å². The minimum absolute atomic E-state index is 0.0536. The molecule has 0 saturated carbocycles. The van der Waals surface area contributed by atoms with E-state index in [2.05, 4.69) is 5.32 Å². The van der Waals surface area contributed by atoms with Crippen molar-refractivity contribution in [2.24, 2.45) is 0 Å². The Morgan fingerprint density at radius 1 is 0.821 bits per heavy atom. The number of amides is 1. The monoisotopic (exact) mass is 405 g/mol. The fourth-order valence-electron chi connectivity index (χ4n) is 2.68. The van der Waals surface area contributed by atoms with Crippen LogP contribution in [0.25, 0.3) is 0 Å². The SMILES string of the molecule is COc1ccc(SC(C)C(=O)NC(C)c2ccc(OC)c(OC)c2)cc1OC. The number of carbonyl (C=O) groups is 1. The van der Waals surface area contributed by atoms with Crippen molar-refractivity contribution in [1.29, 1.82) is 0 Å². The van der Waals surface area contributed by atoms with Gasteiger partial charge < -0.3 is 24.3 Å². The molecule has 0 heterocycles. The first-order valence-electron chi connectivity index (χ1n) is 8.84. The number of nitrogens with one attached hydrogen (secondary N) is 1. The zero-order chi connectivity index (χ0) is 20.7. The lowest BCUT2D eigenvalue weighted by Gasteiger charge is -2.19. The van der Waals surface area contributed by atoms with Gasteiger partial charge in [-0.3, -0.25) is 4.79 Å². The molecule has 0 saturated heterocycles. The van der Waals surface area contributed by atoms with Crippen molar-refractivity contribution in [2.75, 3.05) is 28.4 Å². The van der Waals surface area contributed by atoms with Crippen LogP contribution in [-0.4, -0.2) is 39.6 Å². The van der Waals surface area contributed by atoms with Crippen molar-refractivity contribution in [2.45, 2.75) is 30.0 Å². The minimum atomic E-state index is -0.277. The van der Waals surface area contributed by atoms with Gasteiger partial charge in [0.1, 0.15) is 0 Å². The molecule has 2 unspecified atom stereocenters. The lowest BCUT2D eigenvalue weighted by molar-refractivity contribution is -0.120. The first kappa shape index (κ1) is 21.8. The van der Waals surface area contributed by atoms with Gasteiger partial charge in [0.05, 0.1) is 39.7 Å². The van der Waals surface area contributed by atoms with Crippen molar-refractivity contribution in [1.82, 2.24) is 5.32 Å². The topological polar surface area (TPSA) is 66.0 Å². The average molecular weight is 406 g/mol. The molecule has 0 radical (unpaired) electrons. The van der Waals surface area contributed by atoms with Crippen LogP contribution in [0.3, 0.4) is 0 Å². The van der Waals surface area contributed by atoms with Crippen LogP contribution in [0.5, 0.6) is 23.0 Å². The molecule has 1 N–H and O–H groups in total. The van der Waals surface area contributed by atoms with E-state index < -0.39 is 0 Å². The van der Waals surface area contributed by atoms with Crippen LogP contribution in [0, 0.1) is 0 Å². The molecule has 2 atom stereocenters. The predicted molar refractivity (Wildman–Crippen MR) is 111 cm³/mol. The second kappa shape index (κ2) is 10.1. The zero-order valence-corrected chi connectivity index (χ0v) is 17.9. The highest BCUT2D eigenvalue weighted by Gasteiger charge is 2.19. The lowest BCUT2D eigenvalue weighted by Crippen LogP contribution is -2.33. The molecule has 0 aliphatic heterocycles. The largest absolute Gasteiger partial charge is 0.493 e. The zero-order valence-electron chi connectivity index (χ0n) is 17.1. The summed E-state index contributed by atoms with van der Waals surface area (Å²) in [5, 5.41) is 2.77. The van der Waals surface area contributed by atoms with Gasteiger partial charge in [-0.15, -0.1) is 11.8 Å². The second-order valence-electron chi connectivity index (χ2n) is 6.12. The fourth-order valence-corrected chi connectivity index (χ4v) is 3.59. The molecule has 0 bridgehead atoms. The number of carbonyl (C=O) groups excluding carboxylic acids is 1. The molecule has 0 aliphatic carbocycles. The van der Waals surface area contributed by atoms with E-state index in [4.69, 9.17) is 18.9 Å². The van der Waals surface area contributed by atoms with Crippen molar-refractivity contribution in [3.8, 4) is 23.0 Å². The quantitative estimate of drug-likeness (QED) is 0.634. The Bertz CT molecular complexity index is 811. The fraction of sp³-hybridized carbons (Fsp3) is 0.381. The number of ether oxygens (including phenoxy) is 4. The summed E-state index contributed by atoms with van der Waals surface area (Å²) < 4.78 is 21.2. The third kappa shape index (κ3) is 5.25. The Morgan fingerprint density at radius 3 is 1.93 bits per heavy atom. The van der Waals surface area contributed by atoms with E-state index in [1.54, 1.807) is 28.4 Å². The van der Waals surface area contributed by atoms with E-state index in [0.29, 0.717) is 23.0 Å². The van der Waals surface area contributed by atoms with Gasteiger partial charge in [-0.25, -0.2) is 0 Å². The lowest BCUT2D eigenvalue weighted by atomic mass is 10.1. The van der Waals surface area contributed by atoms with Crippen LogP contribution in [0.1, 0.15) is 25.5 Å². The van der Waals surface area contributed by atoms with Gasteiger partial charge in [0.25, 0.3) is 0 Å². The Hall–Kier alpha value is -2.54. The first-order chi connectivity index (χ1) is 13.4. The number of benzene rings is 2. The number of methoxy groups -OCH3 is 4. The highest BCUT2D eigenvalue weighted by Crippen LogP contribution is 2.34. The Kier molecular flexibility index (Phi) is 7.87. The molecule has 0 spiro atoms. The maximum atomic E-state index is 12.6. The van der Waals surface area contributed by atoms with Gasteiger partial charge in [-0.2, -0.15) is 0 Å². The summed E-state index contributed by atoms with van der Waals surface area (Å²) in [6.07, 6.45) is 0. The summed E-state index contributed by atoms with van der Waals surface area (Å²) in [5.41, 5.74) is 0.939. The number of thioether (sulfide) groups is 1. The molecule has 2 aromatic carbocycles. The maximum absolute atomic E-state index is 12.6. The van der Waals surface area contributed by atoms with Crippen molar-refractivity contribution < 1.29 is 23.7 Å².